The van der Waals surface area contributed by atoms with Gasteiger partial charge in [0, 0.05) is 10.4 Å². The number of hydrogen-bond acceptors (Lipinski definition) is 5. The van der Waals surface area contributed by atoms with Gasteiger partial charge >= 0.3 is 59.1 Å². The Labute approximate surface area is 207 Å². The van der Waals surface area contributed by atoms with Crippen LogP contribution in [0.1, 0.15) is 0 Å². The van der Waals surface area contributed by atoms with Crippen LogP contribution in [0, 0.1) is 0 Å². The molecule has 0 aliphatic carbocycles. The average molecular weight is 412 g/mol. The molecule has 0 unspecified atom stereocenters. The second kappa shape index (κ2) is 11.3. The molecule has 28 heavy (non-hydrogen) atoms. The van der Waals surface area contributed by atoms with Gasteiger partial charge in [0.05, 0.1) is 0 Å². The van der Waals surface area contributed by atoms with Gasteiger partial charge < -0.3 is 13.8 Å². The summed E-state index contributed by atoms with van der Waals surface area (Å²) in [7, 11) is -5.17. The van der Waals surface area contributed by atoms with E-state index in [-0.39, 0.29) is 59.1 Å². The Kier molecular flexibility index (Phi) is 10.1. The van der Waals surface area contributed by atoms with Crippen molar-refractivity contribution in [2.45, 2.75) is 0 Å². The Morgan fingerprint density at radius 2 is 0.893 bits per heavy atom. The Morgan fingerprint density at radius 3 is 1.25 bits per heavy atom. The summed E-state index contributed by atoms with van der Waals surface area (Å²) in [4.78, 5) is 0. The normalized spacial score (nSPS) is 10.2. The molecule has 0 saturated heterocycles. The van der Waals surface area contributed by atoms with Gasteiger partial charge in [0.15, 0.2) is 0 Å². The van der Waals surface area contributed by atoms with Crippen LogP contribution in [0.25, 0.3) is 21.5 Å². The van der Waals surface area contributed by atoms with Gasteiger partial charge in [-0.1, -0.05) is 60.7 Å². The molecule has 5 nitrogen and oxygen atoms in total. The molecule has 4 rings (SSSR count). The fourth-order valence-electron chi connectivity index (χ4n) is 2.60. The summed E-state index contributed by atoms with van der Waals surface area (Å²) < 4.78 is 40.1. The molecule has 4 aromatic carbocycles. The second-order valence-electron chi connectivity index (χ2n) is 5.53. The van der Waals surface area contributed by atoms with Gasteiger partial charge in [-0.15, -0.1) is 0 Å². The van der Waals surface area contributed by atoms with Gasteiger partial charge in [0.25, 0.3) is 0 Å². The van der Waals surface area contributed by atoms with Crippen molar-refractivity contribution in [2.24, 2.45) is 0 Å². The fourth-order valence-corrected chi connectivity index (χ4v) is 2.60. The predicted octanol–water partition coefficient (Wildman–Crippen LogP) is -1.54. The summed E-state index contributed by atoms with van der Waals surface area (Å²) in [5, 5.41) is 4.83. The van der Waals surface area contributed by atoms with Crippen molar-refractivity contribution >= 4 is 31.9 Å². The molecule has 4 aromatic rings. The fraction of sp³-hybridized carbons (Fsp3) is 0. The zero-order valence-corrected chi connectivity index (χ0v) is 20.3. The van der Waals surface area contributed by atoms with E-state index in [1.165, 1.54) is 21.5 Å². The van der Waals surface area contributed by atoms with Crippen molar-refractivity contribution in [3.8, 4) is 11.5 Å². The van der Waals surface area contributed by atoms with Gasteiger partial charge in [-0.3, -0.25) is 8.42 Å². The summed E-state index contributed by atoms with van der Waals surface area (Å²) in [6.45, 7) is 0. The SMILES string of the molecule is O=S(=O)([O-])[O-].[Na+].[Na+].c1ccc2cc(Oc3ccc4ccccc4c3)ccc2c1. The molecule has 0 aliphatic rings. The molecule has 0 radical (unpaired) electrons. The van der Waals surface area contributed by atoms with Gasteiger partial charge in [0.1, 0.15) is 11.5 Å². The molecule has 0 spiro atoms. The molecule has 0 aliphatic heterocycles. The topological polar surface area (TPSA) is 89.5 Å². The minimum Gasteiger partial charge on any atom is -0.759 e. The maximum Gasteiger partial charge on any atom is 1.00 e. The Balaban J connectivity index is 0.000000504. The number of fused-ring (bicyclic) bond motifs is 2. The first kappa shape index (κ1) is 25.1. The molecule has 0 N–H and O–H groups in total. The predicted molar refractivity (Wildman–Crippen MR) is 98.4 cm³/mol. The first-order chi connectivity index (χ1) is 12.4. The molecule has 0 saturated carbocycles. The molecule has 132 valence electrons. The monoisotopic (exact) mass is 412 g/mol. The molecule has 0 aromatic heterocycles. The van der Waals surface area contributed by atoms with Crippen LogP contribution in [0.5, 0.6) is 11.5 Å². The standard InChI is InChI=1S/C20H14O.2Na.H2O4S/c1-3-7-17-13-19(11-9-15(17)5-1)21-20-12-10-16-6-2-4-8-18(16)14-20;;;1-5(2,3)4/h1-14H;;;(H2,1,2,3,4)/q;2*+1;/p-2. The van der Waals surface area contributed by atoms with E-state index in [0.717, 1.165) is 11.5 Å². The maximum absolute atomic E-state index is 8.52. The van der Waals surface area contributed by atoms with E-state index >= 15 is 0 Å². The van der Waals surface area contributed by atoms with Crippen LogP contribution in [0.15, 0.2) is 84.9 Å². The van der Waals surface area contributed by atoms with Gasteiger partial charge in [-0.05, 0) is 45.8 Å². The number of rotatable bonds is 2. The van der Waals surface area contributed by atoms with Crippen LogP contribution in [-0.2, 0) is 10.4 Å². The molecule has 0 heterocycles. The third-order valence-electron chi connectivity index (χ3n) is 3.68. The summed E-state index contributed by atoms with van der Waals surface area (Å²) >= 11 is 0. The minimum absolute atomic E-state index is 0. The Hall–Kier alpha value is -0.930. The number of ether oxygens (including phenoxy) is 1. The largest absolute Gasteiger partial charge is 1.00 e. The molecule has 0 atom stereocenters. The van der Waals surface area contributed by atoms with Gasteiger partial charge in [0.2, 0.25) is 0 Å². The van der Waals surface area contributed by atoms with Crippen molar-refractivity contribution in [3.05, 3.63) is 84.9 Å². The number of hydrogen-bond donors (Lipinski definition) is 0. The van der Waals surface area contributed by atoms with Crippen molar-refractivity contribution in [2.75, 3.05) is 0 Å². The minimum atomic E-state index is -5.17. The maximum atomic E-state index is 8.52. The van der Waals surface area contributed by atoms with Crippen LogP contribution in [0.2, 0.25) is 0 Å². The van der Waals surface area contributed by atoms with Crippen molar-refractivity contribution < 1.29 is 81.4 Å². The van der Waals surface area contributed by atoms with E-state index < -0.39 is 10.4 Å². The summed E-state index contributed by atoms with van der Waals surface area (Å²) in [5.74, 6) is 1.73. The van der Waals surface area contributed by atoms with Crippen LogP contribution in [0.3, 0.4) is 0 Å². The van der Waals surface area contributed by atoms with E-state index in [0.29, 0.717) is 0 Å². The number of benzene rings is 4. The molecular formula is C20H14Na2O5S. The van der Waals surface area contributed by atoms with E-state index in [9.17, 15) is 0 Å². The van der Waals surface area contributed by atoms with E-state index in [1.807, 2.05) is 36.4 Å². The molecule has 8 heteroatoms. The average Bonchev–Trinajstić information content (AvgIpc) is 2.60. The quantitative estimate of drug-likeness (QED) is 0.226. The van der Waals surface area contributed by atoms with Crippen molar-refractivity contribution in [3.63, 3.8) is 0 Å². The van der Waals surface area contributed by atoms with E-state index in [1.54, 1.807) is 0 Å². The van der Waals surface area contributed by atoms with Crippen molar-refractivity contribution in [1.29, 1.82) is 0 Å². The Morgan fingerprint density at radius 1 is 0.571 bits per heavy atom. The summed E-state index contributed by atoms with van der Waals surface area (Å²) in [5.41, 5.74) is 0. The third-order valence-corrected chi connectivity index (χ3v) is 3.68. The first-order valence-electron chi connectivity index (χ1n) is 7.71. The first-order valence-corrected chi connectivity index (χ1v) is 9.04. The molecular weight excluding hydrogens is 398 g/mol. The summed E-state index contributed by atoms with van der Waals surface area (Å²) in [6.07, 6.45) is 0. The van der Waals surface area contributed by atoms with Crippen LogP contribution < -0.4 is 63.9 Å². The molecule has 0 fully saturated rings. The van der Waals surface area contributed by atoms with E-state index in [4.69, 9.17) is 22.3 Å². The van der Waals surface area contributed by atoms with Gasteiger partial charge in [-0.2, -0.15) is 0 Å². The van der Waals surface area contributed by atoms with Crippen molar-refractivity contribution in [1.82, 2.24) is 0 Å². The third kappa shape index (κ3) is 7.83. The van der Waals surface area contributed by atoms with E-state index in [2.05, 4.69) is 48.5 Å². The molecule has 0 amide bonds. The molecule has 0 bridgehead atoms. The van der Waals surface area contributed by atoms with Crippen LogP contribution in [-0.4, -0.2) is 17.5 Å². The zero-order valence-electron chi connectivity index (χ0n) is 15.5. The zero-order chi connectivity index (χ0) is 18.6. The second-order valence-corrected chi connectivity index (χ2v) is 6.34. The summed E-state index contributed by atoms with van der Waals surface area (Å²) in [6, 6.07) is 28.9. The van der Waals surface area contributed by atoms with Crippen LogP contribution in [0.4, 0.5) is 0 Å². The Bertz CT molecular complexity index is 1080. The van der Waals surface area contributed by atoms with Crippen LogP contribution >= 0.6 is 0 Å². The van der Waals surface area contributed by atoms with Gasteiger partial charge in [-0.25, -0.2) is 0 Å². The smallest absolute Gasteiger partial charge is 0.759 e.